The van der Waals surface area contributed by atoms with Crippen molar-refractivity contribution in [2.24, 2.45) is 4.99 Å². The van der Waals surface area contributed by atoms with Crippen LogP contribution in [0.2, 0.25) is 0 Å². The summed E-state index contributed by atoms with van der Waals surface area (Å²) in [6.45, 7) is 3.99. The van der Waals surface area contributed by atoms with Gasteiger partial charge < -0.3 is 0 Å². The molecule has 0 aliphatic heterocycles. The maximum absolute atomic E-state index is 14.0. The number of nitrogens with zero attached hydrogens (tertiary/aromatic N) is 1. The molecule has 24 heavy (non-hydrogen) atoms. The predicted octanol–water partition coefficient (Wildman–Crippen LogP) is 6.00. The molecule has 0 aromatic heterocycles. The monoisotopic (exact) mass is 337 g/mol. The van der Waals surface area contributed by atoms with Gasteiger partial charge in [-0.25, -0.2) is 4.39 Å². The highest BCUT2D eigenvalue weighted by molar-refractivity contribution is 7.78. The second kappa shape index (κ2) is 9.13. The van der Waals surface area contributed by atoms with Crippen LogP contribution in [0.5, 0.6) is 0 Å². The van der Waals surface area contributed by atoms with Gasteiger partial charge in [-0.15, -0.1) is 0 Å². The molecule has 1 nitrogen and oxygen atoms in total. The van der Waals surface area contributed by atoms with Crippen LogP contribution >= 0.6 is 12.2 Å². The summed E-state index contributed by atoms with van der Waals surface area (Å²) < 4.78 is 14.0. The van der Waals surface area contributed by atoms with Crippen molar-refractivity contribution >= 4 is 23.1 Å². The molecule has 0 heterocycles. The lowest BCUT2D eigenvalue weighted by atomic mass is 10.0. The quantitative estimate of drug-likeness (QED) is 0.282. The molecule has 0 bridgehead atoms. The summed E-state index contributed by atoms with van der Waals surface area (Å²) in [7, 11) is 0. The summed E-state index contributed by atoms with van der Waals surface area (Å²) in [6.07, 6.45) is 4.81. The molecule has 0 amide bonds. The summed E-state index contributed by atoms with van der Waals surface area (Å²) in [5.74, 6) is 5.66. The van der Waals surface area contributed by atoms with E-state index < -0.39 is 5.82 Å². The Balaban J connectivity index is 2.13. The summed E-state index contributed by atoms with van der Waals surface area (Å²) >= 11 is 4.53. The fourth-order valence-electron chi connectivity index (χ4n) is 2.47. The minimum Gasteiger partial charge on any atom is -0.205 e. The van der Waals surface area contributed by atoms with E-state index in [1.165, 1.54) is 30.9 Å². The van der Waals surface area contributed by atoms with Crippen molar-refractivity contribution in [2.75, 3.05) is 0 Å². The number of halogens is 1. The van der Waals surface area contributed by atoms with E-state index in [-0.39, 0.29) is 5.69 Å². The van der Waals surface area contributed by atoms with E-state index in [9.17, 15) is 4.39 Å². The molecule has 0 atom stereocenters. The molecule has 0 unspecified atom stereocenters. The molecule has 0 radical (unpaired) electrons. The number of hydrogen-bond donors (Lipinski definition) is 0. The van der Waals surface area contributed by atoms with Crippen molar-refractivity contribution in [3.8, 4) is 11.8 Å². The van der Waals surface area contributed by atoms with Gasteiger partial charge >= 0.3 is 0 Å². The van der Waals surface area contributed by atoms with Gasteiger partial charge in [0.2, 0.25) is 0 Å². The van der Waals surface area contributed by atoms with E-state index in [1.54, 1.807) is 13.0 Å². The fraction of sp³-hybridized carbons (Fsp3) is 0.286. The van der Waals surface area contributed by atoms with Crippen LogP contribution in [0.3, 0.4) is 0 Å². The van der Waals surface area contributed by atoms with Crippen LogP contribution in [0.25, 0.3) is 0 Å². The number of aryl methyl sites for hydroxylation is 2. The zero-order valence-electron chi connectivity index (χ0n) is 14.0. The molecule has 0 aliphatic rings. The highest BCUT2D eigenvalue weighted by Crippen LogP contribution is 2.23. The minimum atomic E-state index is -0.428. The Labute approximate surface area is 148 Å². The van der Waals surface area contributed by atoms with Crippen LogP contribution in [0.15, 0.2) is 41.4 Å². The summed E-state index contributed by atoms with van der Waals surface area (Å²) in [5, 5.41) is 2.20. The van der Waals surface area contributed by atoms with Crippen LogP contribution in [0.4, 0.5) is 10.1 Å². The molecule has 0 saturated carbocycles. The van der Waals surface area contributed by atoms with E-state index >= 15 is 0 Å². The lowest BCUT2D eigenvalue weighted by Crippen LogP contribution is -1.87. The largest absolute Gasteiger partial charge is 0.205 e. The second-order valence-corrected chi connectivity index (χ2v) is 5.91. The van der Waals surface area contributed by atoms with Crippen LogP contribution in [-0.4, -0.2) is 5.16 Å². The van der Waals surface area contributed by atoms with Crippen LogP contribution < -0.4 is 0 Å². The Bertz CT molecular complexity index is 783. The van der Waals surface area contributed by atoms with Gasteiger partial charge in [0.1, 0.15) is 5.69 Å². The maximum Gasteiger partial charge on any atom is 0.151 e. The molecule has 0 saturated heterocycles. The molecular weight excluding hydrogens is 317 g/mol. The van der Waals surface area contributed by atoms with Gasteiger partial charge in [-0.2, -0.15) is 4.99 Å². The van der Waals surface area contributed by atoms with Crippen molar-refractivity contribution in [3.63, 3.8) is 0 Å². The smallest absolute Gasteiger partial charge is 0.151 e. The first-order valence-corrected chi connectivity index (χ1v) is 8.54. The lowest BCUT2D eigenvalue weighted by Gasteiger charge is -2.02. The number of benzene rings is 2. The number of hydrogen-bond acceptors (Lipinski definition) is 2. The maximum atomic E-state index is 14.0. The van der Waals surface area contributed by atoms with E-state index in [0.717, 1.165) is 12.0 Å². The molecule has 2 rings (SSSR count). The number of aliphatic imine (C=N–C) groups is 1. The second-order valence-electron chi connectivity index (χ2n) is 5.73. The molecule has 122 valence electrons. The Morgan fingerprint density at radius 3 is 2.38 bits per heavy atom. The average Bonchev–Trinajstić information content (AvgIpc) is 2.58. The van der Waals surface area contributed by atoms with Gasteiger partial charge in [0.05, 0.1) is 5.16 Å². The third-order valence-corrected chi connectivity index (χ3v) is 3.88. The van der Waals surface area contributed by atoms with Gasteiger partial charge in [-0.05, 0) is 67.4 Å². The van der Waals surface area contributed by atoms with Crippen molar-refractivity contribution in [3.05, 3.63) is 64.5 Å². The number of rotatable bonds is 5. The summed E-state index contributed by atoms with van der Waals surface area (Å²) in [4.78, 5) is 3.75. The molecular formula is C21H20FNS. The van der Waals surface area contributed by atoms with Gasteiger partial charge in [0, 0.05) is 11.1 Å². The molecule has 3 heteroatoms. The summed E-state index contributed by atoms with van der Waals surface area (Å²) in [5.41, 5.74) is 3.81. The highest BCUT2D eigenvalue weighted by atomic mass is 32.1. The number of thiocarbonyl (C=S) groups is 1. The zero-order chi connectivity index (χ0) is 17.4. The number of unbranched alkanes of at least 4 members (excludes halogenated alkanes) is 2. The van der Waals surface area contributed by atoms with Gasteiger partial charge in [0.15, 0.2) is 5.82 Å². The molecule has 2 aromatic carbocycles. The minimum absolute atomic E-state index is 0.229. The average molecular weight is 337 g/mol. The topological polar surface area (TPSA) is 12.4 Å². The van der Waals surface area contributed by atoms with Crippen LogP contribution in [0, 0.1) is 24.6 Å². The SMILES string of the molecule is CCCCCc1ccc(C#Cc2cc(C)c(N=C=S)c(F)c2)cc1. The van der Waals surface area contributed by atoms with Crippen molar-refractivity contribution < 1.29 is 4.39 Å². The normalized spacial score (nSPS) is 9.79. The van der Waals surface area contributed by atoms with Crippen LogP contribution in [0.1, 0.15) is 48.4 Å². The predicted molar refractivity (Wildman–Crippen MR) is 101 cm³/mol. The van der Waals surface area contributed by atoms with Crippen molar-refractivity contribution in [1.29, 1.82) is 0 Å². The van der Waals surface area contributed by atoms with E-state index in [2.05, 4.69) is 53.3 Å². The Kier molecular flexibility index (Phi) is 6.88. The first-order chi connectivity index (χ1) is 11.6. The Morgan fingerprint density at radius 2 is 1.75 bits per heavy atom. The first-order valence-electron chi connectivity index (χ1n) is 8.13. The first kappa shape index (κ1) is 18.1. The van der Waals surface area contributed by atoms with E-state index in [0.29, 0.717) is 11.1 Å². The standard InChI is InChI=1S/C21H20FNS/c1-3-4-5-6-17-7-9-18(10-8-17)11-12-19-13-16(2)21(23-15-24)20(22)14-19/h7-10,13-14H,3-6H2,1-2H3. The molecule has 2 aromatic rings. The van der Waals surface area contributed by atoms with Gasteiger partial charge in [0.25, 0.3) is 0 Å². The van der Waals surface area contributed by atoms with Crippen LogP contribution in [-0.2, 0) is 6.42 Å². The Morgan fingerprint density at radius 1 is 1.04 bits per heavy atom. The molecule has 0 spiro atoms. The number of isothiocyanates is 1. The van der Waals surface area contributed by atoms with Gasteiger partial charge in [-0.1, -0.05) is 43.7 Å². The molecule has 0 fully saturated rings. The third kappa shape index (κ3) is 5.13. The lowest BCUT2D eigenvalue weighted by molar-refractivity contribution is 0.628. The van der Waals surface area contributed by atoms with Gasteiger partial charge in [-0.3, -0.25) is 0 Å². The highest BCUT2D eigenvalue weighted by Gasteiger charge is 2.05. The zero-order valence-corrected chi connectivity index (χ0v) is 14.8. The fourth-order valence-corrected chi connectivity index (χ4v) is 2.57. The molecule has 0 aliphatic carbocycles. The van der Waals surface area contributed by atoms with E-state index in [1.807, 2.05) is 12.1 Å². The Hall–Kier alpha value is -2.27. The van der Waals surface area contributed by atoms with Crippen molar-refractivity contribution in [1.82, 2.24) is 0 Å². The third-order valence-electron chi connectivity index (χ3n) is 3.79. The molecule has 0 N–H and O–H groups in total. The van der Waals surface area contributed by atoms with Crippen molar-refractivity contribution in [2.45, 2.75) is 39.5 Å². The summed E-state index contributed by atoms with van der Waals surface area (Å²) in [6, 6.07) is 11.4. The van der Waals surface area contributed by atoms with E-state index in [4.69, 9.17) is 0 Å².